The molecule has 1 aromatic rings. The molecule has 1 aliphatic carbocycles. The lowest BCUT2D eigenvalue weighted by Crippen LogP contribution is -2.38. The lowest BCUT2D eigenvalue weighted by molar-refractivity contribution is -0.145. The number of halogens is 1. The molecule has 0 aromatic heterocycles. The van der Waals surface area contributed by atoms with Gasteiger partial charge in [-0.3, -0.25) is 9.59 Å². The van der Waals surface area contributed by atoms with Gasteiger partial charge in [-0.25, -0.2) is 4.39 Å². The van der Waals surface area contributed by atoms with Crippen molar-refractivity contribution in [3.8, 4) is 5.75 Å². The number of hydrogen-bond donors (Lipinski definition) is 1. The number of carboxylic acid groups (broad SMARTS) is 1. The molecule has 4 nitrogen and oxygen atoms in total. The van der Waals surface area contributed by atoms with Crippen molar-refractivity contribution >= 4 is 11.8 Å². The van der Waals surface area contributed by atoms with Gasteiger partial charge in [0, 0.05) is 6.42 Å². The Morgan fingerprint density at radius 2 is 2.05 bits per heavy atom. The summed E-state index contributed by atoms with van der Waals surface area (Å²) < 4.78 is 18.4. The van der Waals surface area contributed by atoms with Crippen LogP contribution in [-0.4, -0.2) is 23.0 Å². The number of ketones is 1. The van der Waals surface area contributed by atoms with Gasteiger partial charge in [-0.15, -0.1) is 0 Å². The Kier molecular flexibility index (Phi) is 4.37. The van der Waals surface area contributed by atoms with Crippen LogP contribution in [0.4, 0.5) is 4.39 Å². The molecule has 1 aliphatic rings. The third-order valence-electron chi connectivity index (χ3n) is 3.83. The molecule has 1 fully saturated rings. The van der Waals surface area contributed by atoms with Crippen molar-refractivity contribution in [2.24, 2.45) is 11.8 Å². The van der Waals surface area contributed by atoms with Crippen molar-refractivity contribution in [3.63, 3.8) is 0 Å². The minimum absolute atomic E-state index is 0.0248. The van der Waals surface area contributed by atoms with Crippen LogP contribution >= 0.6 is 0 Å². The van der Waals surface area contributed by atoms with E-state index < -0.39 is 18.0 Å². The maximum atomic E-state index is 12.8. The highest BCUT2D eigenvalue weighted by atomic mass is 19.1. The monoisotopic (exact) mass is 280 g/mol. The fraction of sp³-hybridized carbons (Fsp3) is 0.467. The van der Waals surface area contributed by atoms with Gasteiger partial charge in [0.15, 0.2) is 11.9 Å². The van der Waals surface area contributed by atoms with Crippen molar-refractivity contribution in [2.45, 2.75) is 32.3 Å². The third kappa shape index (κ3) is 3.35. The quantitative estimate of drug-likeness (QED) is 0.921. The Hall–Kier alpha value is -1.91. The molecule has 0 heterocycles. The standard InChI is InChI=1S/C15H17FO4/c1-9(15(18)19)10-2-7-13(17)14(8-10)20-12-5-3-11(16)4-6-12/h3-6,9-10,14H,2,7-8H2,1H3,(H,18,19). The third-order valence-corrected chi connectivity index (χ3v) is 3.83. The Balaban J connectivity index is 2.03. The molecule has 1 aromatic carbocycles. The average Bonchev–Trinajstić information content (AvgIpc) is 2.43. The van der Waals surface area contributed by atoms with Crippen molar-refractivity contribution in [1.29, 1.82) is 0 Å². The second-order valence-corrected chi connectivity index (χ2v) is 5.19. The summed E-state index contributed by atoms with van der Waals surface area (Å²) in [5.74, 6) is -1.40. The minimum Gasteiger partial charge on any atom is -0.483 e. The van der Waals surface area contributed by atoms with Crippen LogP contribution in [0, 0.1) is 17.7 Å². The molecule has 5 heteroatoms. The molecular formula is C15H17FO4. The number of ether oxygens (including phenoxy) is 1. The fourth-order valence-electron chi connectivity index (χ4n) is 2.46. The zero-order valence-corrected chi connectivity index (χ0v) is 11.2. The maximum Gasteiger partial charge on any atom is 0.306 e. The molecule has 0 radical (unpaired) electrons. The summed E-state index contributed by atoms with van der Waals surface area (Å²) >= 11 is 0. The predicted octanol–water partition coefficient (Wildman–Crippen LogP) is 2.66. The number of benzene rings is 1. The lowest BCUT2D eigenvalue weighted by atomic mass is 9.79. The van der Waals surface area contributed by atoms with E-state index in [9.17, 15) is 14.0 Å². The maximum absolute atomic E-state index is 12.8. The highest BCUT2D eigenvalue weighted by Gasteiger charge is 2.35. The number of rotatable bonds is 4. The number of Topliss-reactive ketones (excluding diaryl/α,β-unsaturated/α-hetero) is 1. The topological polar surface area (TPSA) is 63.6 Å². The van der Waals surface area contributed by atoms with E-state index in [1.807, 2.05) is 0 Å². The number of aliphatic carboxylic acids is 1. The largest absolute Gasteiger partial charge is 0.483 e. The van der Waals surface area contributed by atoms with Crippen LogP contribution in [0.1, 0.15) is 26.2 Å². The molecule has 0 bridgehead atoms. The summed E-state index contributed by atoms with van der Waals surface area (Å²) in [4.78, 5) is 22.9. The Bertz CT molecular complexity index is 497. The van der Waals surface area contributed by atoms with Gasteiger partial charge in [0.1, 0.15) is 11.6 Å². The number of carbonyl (C=O) groups is 2. The molecule has 3 unspecified atom stereocenters. The van der Waals surface area contributed by atoms with Crippen LogP contribution in [0.3, 0.4) is 0 Å². The van der Waals surface area contributed by atoms with Crippen molar-refractivity contribution in [3.05, 3.63) is 30.1 Å². The molecule has 1 saturated carbocycles. The number of carbonyl (C=O) groups excluding carboxylic acids is 1. The van der Waals surface area contributed by atoms with Gasteiger partial charge in [0.25, 0.3) is 0 Å². The Labute approximate surface area is 116 Å². The van der Waals surface area contributed by atoms with E-state index in [-0.39, 0.29) is 17.5 Å². The minimum atomic E-state index is -0.857. The van der Waals surface area contributed by atoms with Gasteiger partial charge >= 0.3 is 5.97 Å². The van der Waals surface area contributed by atoms with E-state index in [1.165, 1.54) is 24.3 Å². The van der Waals surface area contributed by atoms with E-state index in [0.29, 0.717) is 25.0 Å². The van der Waals surface area contributed by atoms with Gasteiger partial charge in [-0.2, -0.15) is 0 Å². The van der Waals surface area contributed by atoms with E-state index in [2.05, 4.69) is 0 Å². The SMILES string of the molecule is CC(C(=O)O)C1CCC(=O)C(Oc2ccc(F)cc2)C1. The highest BCUT2D eigenvalue weighted by molar-refractivity contribution is 5.84. The van der Waals surface area contributed by atoms with Crippen LogP contribution in [0.2, 0.25) is 0 Å². The van der Waals surface area contributed by atoms with Gasteiger partial charge in [0.05, 0.1) is 5.92 Å². The highest BCUT2D eigenvalue weighted by Crippen LogP contribution is 2.31. The molecule has 20 heavy (non-hydrogen) atoms. The van der Waals surface area contributed by atoms with Gasteiger partial charge in [-0.05, 0) is 43.0 Å². The van der Waals surface area contributed by atoms with E-state index in [1.54, 1.807) is 6.92 Å². The van der Waals surface area contributed by atoms with Crippen LogP contribution in [-0.2, 0) is 9.59 Å². The summed E-state index contributed by atoms with van der Waals surface area (Å²) in [6.07, 6.45) is 0.661. The van der Waals surface area contributed by atoms with Crippen LogP contribution in [0.5, 0.6) is 5.75 Å². The van der Waals surface area contributed by atoms with Crippen molar-refractivity contribution in [2.75, 3.05) is 0 Å². The zero-order valence-electron chi connectivity index (χ0n) is 11.2. The first-order valence-corrected chi connectivity index (χ1v) is 6.65. The molecule has 0 saturated heterocycles. The van der Waals surface area contributed by atoms with Gasteiger partial charge in [0.2, 0.25) is 0 Å². The van der Waals surface area contributed by atoms with Crippen LogP contribution < -0.4 is 4.74 Å². The van der Waals surface area contributed by atoms with Crippen molar-refractivity contribution in [1.82, 2.24) is 0 Å². The van der Waals surface area contributed by atoms with Crippen LogP contribution in [0.15, 0.2) is 24.3 Å². The summed E-state index contributed by atoms with van der Waals surface area (Å²) in [6, 6.07) is 5.46. The normalized spacial score (nSPS) is 24.2. The first-order chi connectivity index (χ1) is 9.47. The molecular weight excluding hydrogens is 263 g/mol. The molecule has 0 amide bonds. The predicted molar refractivity (Wildman–Crippen MR) is 70.0 cm³/mol. The van der Waals surface area contributed by atoms with Crippen molar-refractivity contribution < 1.29 is 23.8 Å². The molecule has 0 aliphatic heterocycles. The second kappa shape index (κ2) is 6.03. The Morgan fingerprint density at radius 1 is 1.40 bits per heavy atom. The first kappa shape index (κ1) is 14.5. The first-order valence-electron chi connectivity index (χ1n) is 6.65. The van der Waals surface area contributed by atoms with E-state index in [0.717, 1.165) is 0 Å². The average molecular weight is 280 g/mol. The molecule has 0 spiro atoms. The summed E-state index contributed by atoms with van der Waals surface area (Å²) in [5.41, 5.74) is 0. The summed E-state index contributed by atoms with van der Waals surface area (Å²) in [5, 5.41) is 9.04. The lowest BCUT2D eigenvalue weighted by Gasteiger charge is -2.30. The molecule has 3 atom stereocenters. The van der Waals surface area contributed by atoms with Crippen LogP contribution in [0.25, 0.3) is 0 Å². The summed E-state index contributed by atoms with van der Waals surface area (Å²) in [6.45, 7) is 1.65. The van der Waals surface area contributed by atoms with Gasteiger partial charge in [-0.1, -0.05) is 6.92 Å². The molecule has 2 rings (SSSR count). The Morgan fingerprint density at radius 3 is 2.65 bits per heavy atom. The smallest absolute Gasteiger partial charge is 0.306 e. The van der Waals surface area contributed by atoms with E-state index in [4.69, 9.17) is 9.84 Å². The molecule has 1 N–H and O–H groups in total. The van der Waals surface area contributed by atoms with Gasteiger partial charge < -0.3 is 9.84 Å². The summed E-state index contributed by atoms with van der Waals surface area (Å²) in [7, 11) is 0. The van der Waals surface area contributed by atoms with E-state index >= 15 is 0 Å². The number of carboxylic acids is 1. The fourth-order valence-corrected chi connectivity index (χ4v) is 2.46. The second-order valence-electron chi connectivity index (χ2n) is 5.19. The number of hydrogen-bond acceptors (Lipinski definition) is 3. The zero-order chi connectivity index (χ0) is 14.7. The molecule has 108 valence electrons.